The fourth-order valence-corrected chi connectivity index (χ4v) is 3.81. The third kappa shape index (κ3) is 2.13. The molecule has 4 heteroatoms. The van der Waals surface area contributed by atoms with Crippen LogP contribution in [-0.2, 0) is 10.0 Å². The van der Waals surface area contributed by atoms with Gasteiger partial charge >= 0.3 is 0 Å². The molecule has 1 unspecified atom stereocenters. The molecule has 1 aliphatic rings. The molecule has 87 valence electrons. The van der Waals surface area contributed by atoms with Crippen molar-refractivity contribution in [2.75, 3.05) is 6.54 Å². The molecule has 1 heterocycles. The van der Waals surface area contributed by atoms with E-state index in [9.17, 15) is 8.42 Å². The first-order chi connectivity index (χ1) is 7.62. The summed E-state index contributed by atoms with van der Waals surface area (Å²) in [7, 11) is -3.30. The summed E-state index contributed by atoms with van der Waals surface area (Å²) in [6.45, 7) is 2.62. The first kappa shape index (κ1) is 11.6. The summed E-state index contributed by atoms with van der Waals surface area (Å²) in [5, 5.41) is 0. The summed E-state index contributed by atoms with van der Waals surface area (Å²) in [4.78, 5) is 0.375. The highest BCUT2D eigenvalue weighted by Crippen LogP contribution is 2.24. The topological polar surface area (TPSA) is 37.4 Å². The van der Waals surface area contributed by atoms with E-state index in [1.54, 1.807) is 28.6 Å². The Morgan fingerprint density at radius 2 is 2.00 bits per heavy atom. The molecular weight excluding hydrogens is 222 g/mol. The minimum absolute atomic E-state index is 0.114. The minimum atomic E-state index is -3.30. The highest BCUT2D eigenvalue weighted by atomic mass is 32.2. The maximum atomic E-state index is 12.3. The summed E-state index contributed by atoms with van der Waals surface area (Å²) in [6, 6.07) is 9.45. The molecule has 1 aromatic carbocycles. The van der Waals surface area contributed by atoms with Gasteiger partial charge in [0, 0.05) is 12.6 Å². The largest absolute Gasteiger partial charge is 0.243 e. The Morgan fingerprint density at radius 3 is 2.62 bits per heavy atom. The van der Waals surface area contributed by atoms with Gasteiger partial charge in [-0.1, -0.05) is 18.6 Å². The Balaban J connectivity index is 2.32. The molecule has 0 N–H and O–H groups in total. The van der Waals surface area contributed by atoms with Crippen LogP contribution in [0.2, 0.25) is 0 Å². The number of hydrogen-bond donors (Lipinski definition) is 0. The van der Waals surface area contributed by atoms with Crippen molar-refractivity contribution in [1.29, 1.82) is 0 Å². The average molecular weight is 238 g/mol. The van der Waals surface area contributed by atoms with Crippen molar-refractivity contribution in [1.82, 2.24) is 4.31 Å². The Kier molecular flexibility index (Phi) is 3.30. The summed E-state index contributed by atoms with van der Waals surface area (Å²) in [5.41, 5.74) is 0. The van der Waals surface area contributed by atoms with Gasteiger partial charge in [-0.05, 0) is 38.0 Å². The number of piperidine rings is 1. The number of sulfonamides is 1. The van der Waals surface area contributed by atoms with Crippen LogP contribution in [0.3, 0.4) is 0 Å². The maximum absolute atomic E-state index is 12.3. The molecule has 1 aromatic rings. The third-order valence-electron chi connectivity index (χ3n) is 3.04. The minimum Gasteiger partial charge on any atom is -0.207 e. The van der Waals surface area contributed by atoms with Crippen LogP contribution in [0, 0.1) is 6.07 Å². The molecule has 3 nitrogen and oxygen atoms in total. The molecule has 1 radical (unpaired) electrons. The van der Waals surface area contributed by atoms with Crippen LogP contribution in [0.15, 0.2) is 29.2 Å². The molecule has 1 aliphatic heterocycles. The van der Waals surface area contributed by atoms with Crippen LogP contribution in [0.1, 0.15) is 26.2 Å². The van der Waals surface area contributed by atoms with Gasteiger partial charge in [0.25, 0.3) is 0 Å². The number of rotatable bonds is 2. The van der Waals surface area contributed by atoms with Crippen molar-refractivity contribution in [3.05, 3.63) is 30.3 Å². The predicted octanol–water partition coefficient (Wildman–Crippen LogP) is 2.05. The van der Waals surface area contributed by atoms with Crippen LogP contribution in [0.25, 0.3) is 0 Å². The standard InChI is InChI=1S/C12H16NO2S/c1-11-7-5-6-10-13(11)16(14,15)12-8-3-2-4-9-12/h3-4,8-9,11H,5-7,10H2,1H3. The molecule has 0 spiro atoms. The van der Waals surface area contributed by atoms with Crippen molar-refractivity contribution >= 4 is 10.0 Å². The third-order valence-corrected chi connectivity index (χ3v) is 5.06. The second kappa shape index (κ2) is 4.55. The molecule has 16 heavy (non-hydrogen) atoms. The van der Waals surface area contributed by atoms with E-state index >= 15 is 0 Å². The van der Waals surface area contributed by atoms with E-state index in [0.717, 1.165) is 19.3 Å². The highest BCUT2D eigenvalue weighted by Gasteiger charge is 2.30. The molecule has 0 aromatic heterocycles. The van der Waals surface area contributed by atoms with Gasteiger partial charge in [-0.25, -0.2) is 8.42 Å². The van der Waals surface area contributed by atoms with Crippen molar-refractivity contribution in [3.63, 3.8) is 0 Å². The molecule has 0 bridgehead atoms. The summed E-state index contributed by atoms with van der Waals surface area (Å²) in [5.74, 6) is 0. The summed E-state index contributed by atoms with van der Waals surface area (Å²) in [6.07, 6.45) is 3.04. The lowest BCUT2D eigenvalue weighted by molar-refractivity contribution is 0.268. The molecule has 1 saturated heterocycles. The monoisotopic (exact) mass is 238 g/mol. The fourth-order valence-electron chi connectivity index (χ4n) is 2.11. The second-order valence-corrected chi connectivity index (χ2v) is 6.09. The molecule has 1 fully saturated rings. The first-order valence-electron chi connectivity index (χ1n) is 5.60. The fraction of sp³-hybridized carbons (Fsp3) is 0.500. The van der Waals surface area contributed by atoms with Gasteiger partial charge in [0.05, 0.1) is 4.90 Å². The van der Waals surface area contributed by atoms with E-state index in [4.69, 9.17) is 0 Å². The van der Waals surface area contributed by atoms with Gasteiger partial charge in [0.2, 0.25) is 10.0 Å². The van der Waals surface area contributed by atoms with Gasteiger partial charge in [0.15, 0.2) is 0 Å². The van der Waals surface area contributed by atoms with Crippen molar-refractivity contribution in [2.24, 2.45) is 0 Å². The Bertz CT molecular complexity index is 441. The molecule has 1 atom stereocenters. The number of nitrogens with zero attached hydrogens (tertiary/aromatic N) is 1. The Hall–Kier alpha value is -0.870. The van der Waals surface area contributed by atoms with Crippen LogP contribution in [0.4, 0.5) is 0 Å². The zero-order valence-electron chi connectivity index (χ0n) is 9.39. The van der Waals surface area contributed by atoms with Gasteiger partial charge in [-0.3, -0.25) is 0 Å². The van der Waals surface area contributed by atoms with Gasteiger partial charge < -0.3 is 0 Å². The number of benzene rings is 1. The van der Waals surface area contributed by atoms with Crippen LogP contribution < -0.4 is 0 Å². The number of hydrogen-bond acceptors (Lipinski definition) is 2. The lowest BCUT2D eigenvalue weighted by Crippen LogP contribution is -2.41. The zero-order chi connectivity index (χ0) is 11.6. The predicted molar refractivity (Wildman–Crippen MR) is 62.5 cm³/mol. The van der Waals surface area contributed by atoms with Crippen LogP contribution >= 0.6 is 0 Å². The van der Waals surface area contributed by atoms with Crippen molar-refractivity contribution in [2.45, 2.75) is 37.1 Å². The van der Waals surface area contributed by atoms with Gasteiger partial charge in [-0.2, -0.15) is 4.31 Å². The van der Waals surface area contributed by atoms with E-state index in [1.165, 1.54) is 0 Å². The molecule has 0 aliphatic carbocycles. The normalized spacial score (nSPS) is 23.2. The maximum Gasteiger partial charge on any atom is 0.243 e. The quantitative estimate of drug-likeness (QED) is 0.790. The van der Waals surface area contributed by atoms with E-state index in [0.29, 0.717) is 11.4 Å². The van der Waals surface area contributed by atoms with E-state index < -0.39 is 10.0 Å². The van der Waals surface area contributed by atoms with E-state index in [-0.39, 0.29) is 6.04 Å². The molecule has 2 rings (SSSR count). The SMILES string of the molecule is CC1CCCCN1S(=O)(=O)c1cc[c]cc1. The van der Waals surface area contributed by atoms with Crippen LogP contribution in [0.5, 0.6) is 0 Å². The van der Waals surface area contributed by atoms with E-state index in [2.05, 4.69) is 6.07 Å². The molecule has 0 saturated carbocycles. The second-order valence-electron chi connectivity index (χ2n) is 4.20. The highest BCUT2D eigenvalue weighted by molar-refractivity contribution is 7.89. The average Bonchev–Trinajstić information content (AvgIpc) is 2.30. The Labute approximate surface area is 97.1 Å². The molecular formula is C12H16NO2S. The first-order valence-corrected chi connectivity index (χ1v) is 7.04. The van der Waals surface area contributed by atoms with Gasteiger partial charge in [-0.15, -0.1) is 0 Å². The summed E-state index contributed by atoms with van der Waals surface area (Å²) >= 11 is 0. The lowest BCUT2D eigenvalue weighted by Gasteiger charge is -2.32. The van der Waals surface area contributed by atoms with Crippen molar-refractivity contribution < 1.29 is 8.42 Å². The zero-order valence-corrected chi connectivity index (χ0v) is 10.2. The molecule has 0 amide bonds. The van der Waals surface area contributed by atoms with Gasteiger partial charge in [0.1, 0.15) is 0 Å². The smallest absolute Gasteiger partial charge is 0.207 e. The summed E-state index contributed by atoms with van der Waals surface area (Å²) < 4.78 is 26.2. The van der Waals surface area contributed by atoms with E-state index in [1.807, 2.05) is 6.92 Å². The lowest BCUT2D eigenvalue weighted by atomic mass is 10.1. The van der Waals surface area contributed by atoms with Crippen molar-refractivity contribution in [3.8, 4) is 0 Å². The van der Waals surface area contributed by atoms with Crippen LogP contribution in [-0.4, -0.2) is 25.3 Å². The Morgan fingerprint density at radius 1 is 1.31 bits per heavy atom.